The molecule has 0 saturated heterocycles. The lowest BCUT2D eigenvalue weighted by molar-refractivity contribution is -0.139. The maximum atomic E-state index is 11.7. The molecular weight excluding hydrogens is 212 g/mol. The Balaban J connectivity index is 4.04. The van der Waals surface area contributed by atoms with E-state index in [0.29, 0.717) is 13.2 Å². The minimum atomic E-state index is -0.979. The van der Waals surface area contributed by atoms with Gasteiger partial charge in [-0.25, -0.2) is 0 Å². The second-order valence-corrected chi connectivity index (χ2v) is 3.64. The normalized spacial score (nSPS) is 12.8. The number of methoxy groups -OCH3 is 1. The summed E-state index contributed by atoms with van der Waals surface area (Å²) >= 11 is 0. The van der Waals surface area contributed by atoms with Crippen LogP contribution in [-0.2, 0) is 14.3 Å². The van der Waals surface area contributed by atoms with E-state index in [-0.39, 0.29) is 18.7 Å². The Bertz CT molecular complexity index is 233. The third-order valence-electron chi connectivity index (χ3n) is 2.22. The van der Waals surface area contributed by atoms with Crippen molar-refractivity contribution < 1.29 is 19.4 Å². The summed E-state index contributed by atoms with van der Waals surface area (Å²) < 4.78 is 4.88. The molecule has 0 aliphatic carbocycles. The van der Waals surface area contributed by atoms with Crippen LogP contribution in [0.3, 0.4) is 0 Å². The summed E-state index contributed by atoms with van der Waals surface area (Å²) in [6.45, 7) is 1.42. The molecule has 0 aromatic rings. The zero-order valence-electron chi connectivity index (χ0n) is 10.0. The van der Waals surface area contributed by atoms with Crippen molar-refractivity contribution in [2.45, 2.75) is 12.5 Å². The highest BCUT2D eigenvalue weighted by Gasteiger charge is 2.20. The predicted molar refractivity (Wildman–Crippen MR) is 59.5 cm³/mol. The van der Waals surface area contributed by atoms with Gasteiger partial charge in [0, 0.05) is 13.7 Å². The van der Waals surface area contributed by atoms with Crippen LogP contribution >= 0.6 is 0 Å². The summed E-state index contributed by atoms with van der Waals surface area (Å²) in [5.41, 5.74) is 0. The molecule has 0 amide bonds. The number of ether oxygens (including phenoxy) is 1. The number of ketones is 1. The lowest BCUT2D eigenvalue weighted by atomic mass is 10.1. The van der Waals surface area contributed by atoms with Gasteiger partial charge in [0.1, 0.15) is 0 Å². The molecule has 0 heterocycles. The molecule has 0 saturated carbocycles. The number of carboxylic acids is 1. The van der Waals surface area contributed by atoms with E-state index in [2.05, 4.69) is 5.32 Å². The molecule has 0 aliphatic heterocycles. The second-order valence-electron chi connectivity index (χ2n) is 3.64. The first-order valence-corrected chi connectivity index (χ1v) is 5.10. The van der Waals surface area contributed by atoms with E-state index < -0.39 is 12.0 Å². The van der Waals surface area contributed by atoms with E-state index in [9.17, 15) is 9.59 Å². The quantitative estimate of drug-likeness (QED) is 0.541. The predicted octanol–water partition coefficient (Wildman–Crippen LogP) is -0.804. The first-order valence-electron chi connectivity index (χ1n) is 5.10. The number of rotatable bonds is 9. The van der Waals surface area contributed by atoms with Crippen LogP contribution < -0.4 is 5.32 Å². The maximum Gasteiger partial charge on any atom is 0.305 e. The zero-order chi connectivity index (χ0) is 12.6. The molecule has 0 spiro atoms. The number of carboxylic acid groups (broad SMARTS) is 1. The van der Waals surface area contributed by atoms with Crippen molar-refractivity contribution in [3.8, 4) is 0 Å². The van der Waals surface area contributed by atoms with E-state index in [0.717, 1.165) is 0 Å². The Morgan fingerprint density at radius 3 is 2.56 bits per heavy atom. The molecule has 0 radical (unpaired) electrons. The minimum Gasteiger partial charge on any atom is -0.481 e. The van der Waals surface area contributed by atoms with Gasteiger partial charge in [0.25, 0.3) is 0 Å². The Morgan fingerprint density at radius 1 is 1.50 bits per heavy atom. The Hall–Kier alpha value is -0.980. The summed E-state index contributed by atoms with van der Waals surface area (Å²) in [7, 11) is 4.97. The number of carbonyl (C=O) groups excluding carboxylic acids is 1. The SMILES string of the molecule is CNC(CC(=O)O)C(=O)CN(C)CCOC. The number of hydrogen-bond donors (Lipinski definition) is 2. The highest BCUT2D eigenvalue weighted by Crippen LogP contribution is 1.96. The van der Waals surface area contributed by atoms with Gasteiger partial charge in [0.2, 0.25) is 0 Å². The molecule has 0 bridgehead atoms. The average molecular weight is 232 g/mol. The van der Waals surface area contributed by atoms with E-state index in [1.54, 1.807) is 26.1 Å². The second kappa shape index (κ2) is 8.20. The Kier molecular flexibility index (Phi) is 7.70. The molecule has 0 fully saturated rings. The average Bonchev–Trinajstić information content (AvgIpc) is 2.22. The Labute approximate surface area is 95.6 Å². The van der Waals surface area contributed by atoms with Crippen molar-refractivity contribution in [3.05, 3.63) is 0 Å². The van der Waals surface area contributed by atoms with Crippen molar-refractivity contribution in [2.24, 2.45) is 0 Å². The van der Waals surface area contributed by atoms with Gasteiger partial charge in [-0.3, -0.25) is 14.5 Å². The molecule has 0 aliphatic rings. The highest BCUT2D eigenvalue weighted by molar-refractivity contribution is 5.89. The minimum absolute atomic E-state index is 0.122. The van der Waals surface area contributed by atoms with E-state index in [1.165, 1.54) is 0 Å². The number of nitrogens with zero attached hydrogens (tertiary/aromatic N) is 1. The van der Waals surface area contributed by atoms with Crippen molar-refractivity contribution in [2.75, 3.05) is 40.9 Å². The molecule has 0 rings (SSSR count). The molecule has 0 aromatic carbocycles. The molecule has 94 valence electrons. The van der Waals surface area contributed by atoms with Gasteiger partial charge >= 0.3 is 5.97 Å². The number of hydrogen-bond acceptors (Lipinski definition) is 5. The van der Waals surface area contributed by atoms with Crippen LogP contribution in [0.25, 0.3) is 0 Å². The number of carbonyl (C=O) groups is 2. The number of nitrogens with one attached hydrogen (secondary N) is 1. The fourth-order valence-corrected chi connectivity index (χ4v) is 1.25. The van der Waals surface area contributed by atoms with Gasteiger partial charge in [-0.05, 0) is 14.1 Å². The molecule has 6 nitrogen and oxygen atoms in total. The van der Waals surface area contributed by atoms with Crippen LogP contribution in [-0.4, -0.2) is 68.7 Å². The topological polar surface area (TPSA) is 78.9 Å². The number of likely N-dealkylation sites (N-methyl/N-ethyl adjacent to an activating group) is 2. The van der Waals surface area contributed by atoms with Gasteiger partial charge in [-0.15, -0.1) is 0 Å². The summed E-state index contributed by atoms with van der Waals surface area (Å²) in [6, 6.07) is -0.623. The first-order chi connectivity index (χ1) is 7.51. The van der Waals surface area contributed by atoms with Gasteiger partial charge in [-0.2, -0.15) is 0 Å². The van der Waals surface area contributed by atoms with Crippen LogP contribution in [0.4, 0.5) is 0 Å². The van der Waals surface area contributed by atoms with Crippen molar-refractivity contribution in [1.29, 1.82) is 0 Å². The smallest absolute Gasteiger partial charge is 0.305 e. The van der Waals surface area contributed by atoms with Crippen LogP contribution in [0.5, 0.6) is 0 Å². The third kappa shape index (κ3) is 6.49. The van der Waals surface area contributed by atoms with E-state index in [4.69, 9.17) is 9.84 Å². The van der Waals surface area contributed by atoms with Crippen molar-refractivity contribution in [3.63, 3.8) is 0 Å². The molecule has 2 N–H and O–H groups in total. The molecule has 1 atom stereocenters. The number of aliphatic carboxylic acids is 1. The van der Waals surface area contributed by atoms with Crippen LogP contribution in [0.2, 0.25) is 0 Å². The van der Waals surface area contributed by atoms with Crippen LogP contribution in [0.1, 0.15) is 6.42 Å². The summed E-state index contributed by atoms with van der Waals surface area (Å²) in [5, 5.41) is 11.3. The molecule has 0 aromatic heterocycles. The van der Waals surface area contributed by atoms with E-state index >= 15 is 0 Å². The third-order valence-corrected chi connectivity index (χ3v) is 2.22. The fourth-order valence-electron chi connectivity index (χ4n) is 1.25. The van der Waals surface area contributed by atoms with Crippen molar-refractivity contribution in [1.82, 2.24) is 10.2 Å². The van der Waals surface area contributed by atoms with Gasteiger partial charge in [0.05, 0.1) is 25.6 Å². The van der Waals surface area contributed by atoms with E-state index in [1.807, 2.05) is 0 Å². The largest absolute Gasteiger partial charge is 0.481 e. The highest BCUT2D eigenvalue weighted by atomic mass is 16.5. The molecule has 1 unspecified atom stereocenters. The monoisotopic (exact) mass is 232 g/mol. The van der Waals surface area contributed by atoms with Gasteiger partial charge < -0.3 is 15.2 Å². The molecular formula is C10H20N2O4. The van der Waals surface area contributed by atoms with Gasteiger partial charge in [0.15, 0.2) is 5.78 Å². The molecule has 6 heteroatoms. The standard InChI is InChI=1S/C10H20N2O4/c1-11-8(6-10(14)15)9(13)7-12(2)4-5-16-3/h8,11H,4-7H2,1-3H3,(H,14,15). The summed E-state index contributed by atoms with van der Waals surface area (Å²) in [5.74, 6) is -1.10. The van der Waals surface area contributed by atoms with Crippen LogP contribution in [0.15, 0.2) is 0 Å². The molecule has 16 heavy (non-hydrogen) atoms. The number of Topliss-reactive ketones (excluding diaryl/α,β-unsaturated/α-hetero) is 1. The Morgan fingerprint density at radius 2 is 2.12 bits per heavy atom. The van der Waals surface area contributed by atoms with Crippen molar-refractivity contribution >= 4 is 11.8 Å². The summed E-state index contributed by atoms with van der Waals surface area (Å²) in [4.78, 5) is 24.0. The lowest BCUT2D eigenvalue weighted by Gasteiger charge is -2.19. The van der Waals surface area contributed by atoms with Crippen LogP contribution in [0, 0.1) is 0 Å². The zero-order valence-corrected chi connectivity index (χ0v) is 10.0. The lowest BCUT2D eigenvalue weighted by Crippen LogP contribution is -2.42. The first kappa shape index (κ1) is 15.0. The summed E-state index contributed by atoms with van der Waals surface area (Å²) in [6.07, 6.45) is -0.187. The van der Waals surface area contributed by atoms with Gasteiger partial charge in [-0.1, -0.05) is 0 Å². The maximum absolute atomic E-state index is 11.7. The fraction of sp³-hybridized carbons (Fsp3) is 0.800.